The van der Waals surface area contributed by atoms with Gasteiger partial charge in [-0.15, -0.1) is 0 Å². The number of hydrogen-bond donors (Lipinski definition) is 3. The van der Waals surface area contributed by atoms with Crippen molar-refractivity contribution in [3.05, 3.63) is 71.8 Å². The number of carboxylic acid groups (broad SMARTS) is 1. The van der Waals surface area contributed by atoms with E-state index in [-0.39, 0.29) is 19.4 Å². The van der Waals surface area contributed by atoms with E-state index < -0.39 is 48.2 Å². The smallest absolute Gasteiger partial charge is 0.303 e. The molecule has 1 unspecified atom stereocenters. The van der Waals surface area contributed by atoms with Crippen LogP contribution in [0.5, 0.6) is 0 Å². The van der Waals surface area contributed by atoms with Crippen LogP contribution in [0.2, 0.25) is 0 Å². The number of nitrogens with zero attached hydrogens (tertiary/aromatic N) is 2. The lowest BCUT2D eigenvalue weighted by molar-refractivity contribution is -0.138. The molecular weight excluding hydrogens is 464 g/mol. The molecule has 2 aromatic carbocycles. The quantitative estimate of drug-likeness (QED) is 0.240. The summed E-state index contributed by atoms with van der Waals surface area (Å²) in [5.41, 5.74) is 0.737. The van der Waals surface area contributed by atoms with Crippen molar-refractivity contribution < 1.29 is 29.1 Å². The fourth-order valence-electron chi connectivity index (χ4n) is 2.99. The van der Waals surface area contributed by atoms with Crippen LogP contribution in [0.4, 0.5) is 0 Å². The number of carbonyl (C=O) groups excluding carboxylic acids is 4. The third-order valence-corrected chi connectivity index (χ3v) is 5.72. The number of hydrogen-bond acceptors (Lipinski definition) is 7. The molecular formula is C23H24N2O6S2. The van der Waals surface area contributed by atoms with Gasteiger partial charge < -0.3 is 5.11 Å². The Kier molecular flexibility index (Phi) is 10.1. The Morgan fingerprint density at radius 2 is 1.21 bits per heavy atom. The van der Waals surface area contributed by atoms with Crippen LogP contribution in [-0.4, -0.2) is 55.7 Å². The highest BCUT2D eigenvalue weighted by molar-refractivity contribution is 7.78. The van der Waals surface area contributed by atoms with E-state index in [1.165, 1.54) is 0 Å². The number of rotatable bonds is 12. The molecule has 0 radical (unpaired) electrons. The summed E-state index contributed by atoms with van der Waals surface area (Å²) in [6.07, 6.45) is -1.22. The molecule has 1 atom stereocenters. The second-order valence-electron chi connectivity index (χ2n) is 7.23. The predicted octanol–water partition coefficient (Wildman–Crippen LogP) is 3.11. The first kappa shape index (κ1) is 26.1. The standard InChI is InChI=1S/C23H24N2O6S2/c26-19(16-7-3-1-4-8-16)13-21(28)24(32)15-18(11-12-23(30)31)25(33)22(29)14-20(27)17-9-5-2-6-10-17/h1-10,18,32-33H,11-15H2,(H,30,31). The second kappa shape index (κ2) is 12.8. The zero-order chi connectivity index (χ0) is 24.4. The van der Waals surface area contributed by atoms with Crippen molar-refractivity contribution in [3.8, 4) is 0 Å². The van der Waals surface area contributed by atoms with E-state index in [2.05, 4.69) is 25.6 Å². The topological polar surface area (TPSA) is 112 Å². The van der Waals surface area contributed by atoms with Crippen molar-refractivity contribution in [1.29, 1.82) is 0 Å². The van der Waals surface area contributed by atoms with E-state index >= 15 is 0 Å². The van der Waals surface area contributed by atoms with Crippen LogP contribution >= 0.6 is 25.6 Å². The number of benzene rings is 2. The van der Waals surface area contributed by atoms with Gasteiger partial charge >= 0.3 is 5.97 Å². The molecule has 10 heteroatoms. The number of carbonyl (C=O) groups is 5. The average molecular weight is 489 g/mol. The Morgan fingerprint density at radius 3 is 1.67 bits per heavy atom. The Labute approximate surface area is 202 Å². The van der Waals surface area contributed by atoms with E-state index in [4.69, 9.17) is 5.11 Å². The normalized spacial score (nSPS) is 11.3. The molecule has 0 aliphatic carbocycles. The zero-order valence-corrected chi connectivity index (χ0v) is 19.5. The maximum absolute atomic E-state index is 12.6. The van der Waals surface area contributed by atoms with Crippen LogP contribution in [-0.2, 0) is 14.4 Å². The molecule has 2 amide bonds. The van der Waals surface area contributed by atoms with Crippen molar-refractivity contribution in [2.24, 2.45) is 0 Å². The molecule has 0 spiro atoms. The largest absolute Gasteiger partial charge is 0.481 e. The second-order valence-corrected chi connectivity index (χ2v) is 8.15. The van der Waals surface area contributed by atoms with Gasteiger partial charge in [-0.25, -0.2) is 0 Å². The van der Waals surface area contributed by atoms with Crippen LogP contribution in [0.15, 0.2) is 60.7 Å². The zero-order valence-electron chi connectivity index (χ0n) is 17.7. The molecule has 2 aromatic rings. The summed E-state index contributed by atoms with van der Waals surface area (Å²) >= 11 is 8.31. The van der Waals surface area contributed by atoms with Gasteiger partial charge in [0.15, 0.2) is 11.6 Å². The summed E-state index contributed by atoms with van der Waals surface area (Å²) in [5, 5.41) is 9.04. The molecule has 1 N–H and O–H groups in total. The van der Waals surface area contributed by atoms with Gasteiger partial charge in [0.2, 0.25) is 11.8 Å². The SMILES string of the molecule is O=C(O)CCC(CN(S)C(=O)CC(=O)c1ccccc1)N(S)C(=O)CC(=O)c1ccccc1. The highest BCUT2D eigenvalue weighted by Crippen LogP contribution is 2.17. The van der Waals surface area contributed by atoms with Crippen LogP contribution < -0.4 is 0 Å². The molecule has 174 valence electrons. The lowest BCUT2D eigenvalue weighted by atomic mass is 10.1. The van der Waals surface area contributed by atoms with Crippen molar-refractivity contribution in [3.63, 3.8) is 0 Å². The lowest BCUT2D eigenvalue weighted by Gasteiger charge is -2.29. The Bertz CT molecular complexity index is 1000. The third-order valence-electron chi connectivity index (χ3n) is 4.78. The highest BCUT2D eigenvalue weighted by atomic mass is 32.1. The first-order chi connectivity index (χ1) is 15.7. The first-order valence-electron chi connectivity index (χ1n) is 10.1. The van der Waals surface area contributed by atoms with E-state index in [1.54, 1.807) is 60.7 Å². The van der Waals surface area contributed by atoms with Crippen molar-refractivity contribution in [1.82, 2.24) is 8.61 Å². The predicted molar refractivity (Wildman–Crippen MR) is 128 cm³/mol. The number of amides is 2. The van der Waals surface area contributed by atoms with Gasteiger partial charge in [0.25, 0.3) is 0 Å². The Balaban J connectivity index is 2.03. The van der Waals surface area contributed by atoms with Crippen LogP contribution in [0.25, 0.3) is 0 Å². The van der Waals surface area contributed by atoms with Gasteiger partial charge in [0.1, 0.15) is 0 Å². The highest BCUT2D eigenvalue weighted by Gasteiger charge is 2.27. The van der Waals surface area contributed by atoms with E-state index in [1.807, 2.05) is 0 Å². The van der Waals surface area contributed by atoms with Crippen molar-refractivity contribution in [2.45, 2.75) is 31.7 Å². The first-order valence-corrected chi connectivity index (χ1v) is 10.9. The lowest BCUT2D eigenvalue weighted by Crippen LogP contribution is -2.42. The molecule has 0 fully saturated rings. The minimum absolute atomic E-state index is 0.0267. The molecule has 0 saturated carbocycles. The van der Waals surface area contributed by atoms with E-state index in [0.29, 0.717) is 11.1 Å². The van der Waals surface area contributed by atoms with Crippen LogP contribution in [0, 0.1) is 0 Å². The number of aliphatic carboxylic acids is 1. The Hall–Kier alpha value is -3.11. The summed E-state index contributed by atoms with van der Waals surface area (Å²) in [7, 11) is 0. The van der Waals surface area contributed by atoms with E-state index in [0.717, 1.165) is 8.61 Å². The van der Waals surface area contributed by atoms with Crippen molar-refractivity contribution >= 4 is 55.0 Å². The van der Waals surface area contributed by atoms with Gasteiger partial charge in [-0.1, -0.05) is 86.3 Å². The maximum Gasteiger partial charge on any atom is 0.303 e. The Morgan fingerprint density at radius 1 is 0.758 bits per heavy atom. The number of ketones is 2. The molecule has 0 saturated heterocycles. The molecule has 0 heterocycles. The van der Waals surface area contributed by atoms with Gasteiger partial charge in [-0.05, 0) is 6.42 Å². The molecule has 0 aliphatic heterocycles. The molecule has 2 rings (SSSR count). The summed E-state index contributed by atoms with van der Waals surface area (Å²) in [6.45, 7) is -0.175. The molecule has 0 aliphatic rings. The van der Waals surface area contributed by atoms with E-state index in [9.17, 15) is 24.0 Å². The van der Waals surface area contributed by atoms with Crippen LogP contribution in [0.1, 0.15) is 46.4 Å². The summed E-state index contributed by atoms with van der Waals surface area (Å²) in [6, 6.07) is 15.7. The minimum Gasteiger partial charge on any atom is -0.481 e. The summed E-state index contributed by atoms with van der Waals surface area (Å²) in [4.78, 5) is 60.8. The summed E-state index contributed by atoms with van der Waals surface area (Å²) < 4.78 is 1.92. The number of carboxylic acids is 1. The fraction of sp³-hybridized carbons (Fsp3) is 0.261. The molecule has 8 nitrogen and oxygen atoms in total. The van der Waals surface area contributed by atoms with Gasteiger partial charge in [0, 0.05) is 17.5 Å². The van der Waals surface area contributed by atoms with Crippen molar-refractivity contribution in [2.75, 3.05) is 6.54 Å². The monoisotopic (exact) mass is 488 g/mol. The summed E-state index contributed by atoms with van der Waals surface area (Å²) in [5.74, 6) is -3.15. The third kappa shape index (κ3) is 8.39. The fourth-order valence-corrected chi connectivity index (χ4v) is 3.50. The van der Waals surface area contributed by atoms with Gasteiger partial charge in [-0.3, -0.25) is 32.6 Å². The number of Topliss-reactive ketones (excluding diaryl/α,β-unsaturated/α-hetero) is 2. The number of thiol groups is 2. The maximum atomic E-state index is 12.6. The molecule has 33 heavy (non-hydrogen) atoms. The average Bonchev–Trinajstić information content (AvgIpc) is 2.81. The molecule has 0 bridgehead atoms. The van der Waals surface area contributed by atoms with Gasteiger partial charge in [0.05, 0.1) is 25.4 Å². The van der Waals surface area contributed by atoms with Crippen LogP contribution in [0.3, 0.4) is 0 Å². The molecule has 0 aromatic heterocycles. The van der Waals surface area contributed by atoms with Gasteiger partial charge in [-0.2, -0.15) is 0 Å². The minimum atomic E-state index is -1.09.